The van der Waals surface area contributed by atoms with Gasteiger partial charge in [-0.05, 0) is 19.5 Å². The van der Waals surface area contributed by atoms with Gasteiger partial charge in [0.05, 0.1) is 5.25 Å². The Labute approximate surface area is 113 Å². The van der Waals surface area contributed by atoms with Crippen LogP contribution in [0.25, 0.3) is 0 Å². The highest BCUT2D eigenvalue weighted by Gasteiger charge is 2.25. The zero-order valence-corrected chi connectivity index (χ0v) is 12.9. The van der Waals surface area contributed by atoms with Crippen molar-refractivity contribution in [2.24, 2.45) is 5.41 Å². The summed E-state index contributed by atoms with van der Waals surface area (Å²) in [5.41, 5.74) is 0.131. The molecule has 1 fully saturated rings. The molecule has 1 N–H and O–H groups in total. The number of rotatable bonds is 5. The van der Waals surface area contributed by atoms with Crippen molar-refractivity contribution in [3.05, 3.63) is 0 Å². The van der Waals surface area contributed by atoms with Crippen LogP contribution in [-0.4, -0.2) is 60.5 Å². The third-order valence-corrected chi connectivity index (χ3v) is 5.35. The summed E-state index contributed by atoms with van der Waals surface area (Å²) in [6, 6.07) is 0. The van der Waals surface area contributed by atoms with Crippen LogP contribution in [0.2, 0.25) is 0 Å². The lowest BCUT2D eigenvalue weighted by atomic mass is 9.93. The Balaban J connectivity index is 2.31. The molecule has 100 valence electrons. The summed E-state index contributed by atoms with van der Waals surface area (Å²) >= 11 is 3.68. The van der Waals surface area contributed by atoms with Crippen LogP contribution in [0.3, 0.4) is 0 Å². The maximum absolute atomic E-state index is 12.0. The minimum Gasteiger partial charge on any atom is -0.355 e. The minimum atomic E-state index is 0.131. The largest absolute Gasteiger partial charge is 0.355 e. The maximum Gasteiger partial charge on any atom is 0.233 e. The summed E-state index contributed by atoms with van der Waals surface area (Å²) in [7, 11) is 4.13. The number of nitrogens with one attached hydrogen (secondary N) is 1. The molecule has 0 aromatic carbocycles. The molecule has 17 heavy (non-hydrogen) atoms. The Hall–Kier alpha value is 0.130. The highest BCUT2D eigenvalue weighted by Crippen LogP contribution is 2.24. The van der Waals surface area contributed by atoms with Gasteiger partial charge in [-0.1, -0.05) is 13.8 Å². The molecule has 1 unspecified atom stereocenters. The molecular weight excluding hydrogens is 252 g/mol. The van der Waals surface area contributed by atoms with Crippen LogP contribution in [0, 0.1) is 5.41 Å². The van der Waals surface area contributed by atoms with Gasteiger partial charge in [0.15, 0.2) is 0 Å². The first kappa shape index (κ1) is 15.2. The van der Waals surface area contributed by atoms with Crippen LogP contribution in [0.1, 0.15) is 13.8 Å². The average Bonchev–Trinajstić information content (AvgIpc) is 2.25. The first-order chi connectivity index (χ1) is 7.91. The summed E-state index contributed by atoms with van der Waals surface area (Å²) in [6.45, 7) is 6.12. The van der Waals surface area contributed by atoms with E-state index in [-0.39, 0.29) is 16.6 Å². The molecule has 0 aliphatic carbocycles. The van der Waals surface area contributed by atoms with Gasteiger partial charge in [-0.2, -0.15) is 11.8 Å². The first-order valence-electron chi connectivity index (χ1n) is 6.02. The van der Waals surface area contributed by atoms with Crippen LogP contribution >= 0.6 is 23.5 Å². The molecule has 0 bridgehead atoms. The van der Waals surface area contributed by atoms with Crippen LogP contribution in [0.15, 0.2) is 0 Å². The van der Waals surface area contributed by atoms with E-state index in [1.807, 2.05) is 11.8 Å². The molecule has 1 atom stereocenters. The van der Waals surface area contributed by atoms with Gasteiger partial charge in [-0.15, -0.1) is 11.8 Å². The summed E-state index contributed by atoms with van der Waals surface area (Å²) in [5, 5.41) is 3.25. The predicted molar refractivity (Wildman–Crippen MR) is 78.9 cm³/mol. The smallest absolute Gasteiger partial charge is 0.233 e. The predicted octanol–water partition coefficient (Wildman–Crippen LogP) is 1.54. The first-order valence-corrected chi connectivity index (χ1v) is 8.23. The van der Waals surface area contributed by atoms with Gasteiger partial charge in [0.25, 0.3) is 0 Å². The normalized spacial score (nSPS) is 21.6. The molecule has 0 saturated carbocycles. The van der Waals surface area contributed by atoms with E-state index in [2.05, 4.69) is 38.2 Å². The van der Waals surface area contributed by atoms with E-state index in [4.69, 9.17) is 0 Å². The molecule has 0 aromatic heterocycles. The quantitative estimate of drug-likeness (QED) is 0.825. The van der Waals surface area contributed by atoms with Crippen LogP contribution in [0.5, 0.6) is 0 Å². The highest BCUT2D eigenvalue weighted by molar-refractivity contribution is 8.07. The standard InChI is InChI=1S/C12H24N2OS2/c1-12(2,9-14(3)4)8-13-11(15)10-7-16-5-6-17-10/h10H,5-9H2,1-4H3,(H,13,15). The number of hydrogen-bond acceptors (Lipinski definition) is 4. The van der Waals surface area contributed by atoms with Gasteiger partial charge < -0.3 is 10.2 Å². The molecule has 1 rings (SSSR count). The van der Waals surface area contributed by atoms with Crippen molar-refractivity contribution in [2.45, 2.75) is 19.1 Å². The van der Waals surface area contributed by atoms with Gasteiger partial charge in [0, 0.05) is 30.3 Å². The topological polar surface area (TPSA) is 32.3 Å². The lowest BCUT2D eigenvalue weighted by Gasteiger charge is -2.29. The molecule has 0 radical (unpaired) electrons. The fourth-order valence-electron chi connectivity index (χ4n) is 1.99. The third kappa shape index (κ3) is 6.02. The van der Waals surface area contributed by atoms with Crippen molar-refractivity contribution in [3.63, 3.8) is 0 Å². The number of amides is 1. The lowest BCUT2D eigenvalue weighted by molar-refractivity contribution is -0.120. The Morgan fingerprint density at radius 2 is 2.12 bits per heavy atom. The van der Waals surface area contributed by atoms with Crippen molar-refractivity contribution in [2.75, 3.05) is 44.4 Å². The fraction of sp³-hybridized carbons (Fsp3) is 0.917. The van der Waals surface area contributed by atoms with E-state index in [1.54, 1.807) is 11.8 Å². The Kier molecular flexibility index (Phi) is 6.17. The number of carbonyl (C=O) groups is 1. The van der Waals surface area contributed by atoms with Crippen LogP contribution in [-0.2, 0) is 4.79 Å². The van der Waals surface area contributed by atoms with Gasteiger partial charge in [-0.25, -0.2) is 0 Å². The van der Waals surface area contributed by atoms with Crippen molar-refractivity contribution >= 4 is 29.4 Å². The number of carbonyl (C=O) groups excluding carboxylic acids is 1. The van der Waals surface area contributed by atoms with E-state index in [0.29, 0.717) is 0 Å². The second-order valence-corrected chi connectivity index (χ2v) is 8.01. The number of hydrogen-bond donors (Lipinski definition) is 1. The van der Waals surface area contributed by atoms with Crippen LogP contribution in [0.4, 0.5) is 0 Å². The van der Waals surface area contributed by atoms with E-state index in [0.717, 1.165) is 24.6 Å². The molecule has 1 heterocycles. The summed E-state index contributed by atoms with van der Waals surface area (Å²) < 4.78 is 0. The molecule has 1 saturated heterocycles. The van der Waals surface area contributed by atoms with Crippen molar-refractivity contribution in [3.8, 4) is 0 Å². The van der Waals surface area contributed by atoms with Crippen molar-refractivity contribution < 1.29 is 4.79 Å². The Morgan fingerprint density at radius 1 is 1.41 bits per heavy atom. The molecule has 1 aliphatic rings. The van der Waals surface area contributed by atoms with Crippen molar-refractivity contribution in [1.29, 1.82) is 0 Å². The molecule has 0 spiro atoms. The monoisotopic (exact) mass is 276 g/mol. The molecule has 3 nitrogen and oxygen atoms in total. The molecule has 1 aliphatic heterocycles. The lowest BCUT2D eigenvalue weighted by Crippen LogP contribution is -2.43. The maximum atomic E-state index is 12.0. The zero-order chi connectivity index (χ0) is 12.9. The second kappa shape index (κ2) is 6.90. The fourth-order valence-corrected chi connectivity index (χ4v) is 4.57. The van der Waals surface area contributed by atoms with E-state index >= 15 is 0 Å². The van der Waals surface area contributed by atoms with Gasteiger partial charge in [-0.3, -0.25) is 4.79 Å². The number of nitrogens with zero attached hydrogens (tertiary/aromatic N) is 1. The van der Waals surface area contributed by atoms with E-state index < -0.39 is 0 Å². The summed E-state index contributed by atoms with van der Waals surface area (Å²) in [6.07, 6.45) is 0. The van der Waals surface area contributed by atoms with Gasteiger partial charge in [0.1, 0.15) is 0 Å². The SMILES string of the molecule is CN(C)CC(C)(C)CNC(=O)C1CSCCS1. The average molecular weight is 276 g/mol. The molecular formula is C12H24N2OS2. The molecule has 5 heteroatoms. The minimum absolute atomic E-state index is 0.131. The summed E-state index contributed by atoms with van der Waals surface area (Å²) in [4.78, 5) is 14.1. The van der Waals surface area contributed by atoms with Gasteiger partial charge in [0.2, 0.25) is 5.91 Å². The highest BCUT2D eigenvalue weighted by atomic mass is 32.2. The molecule has 0 aromatic rings. The second-order valence-electron chi connectivity index (χ2n) is 5.55. The van der Waals surface area contributed by atoms with E-state index in [9.17, 15) is 4.79 Å². The molecule has 1 amide bonds. The zero-order valence-electron chi connectivity index (χ0n) is 11.3. The van der Waals surface area contributed by atoms with Crippen molar-refractivity contribution in [1.82, 2.24) is 10.2 Å². The van der Waals surface area contributed by atoms with E-state index in [1.165, 1.54) is 5.75 Å². The Bertz CT molecular complexity index is 251. The van der Waals surface area contributed by atoms with Gasteiger partial charge >= 0.3 is 0 Å². The van der Waals surface area contributed by atoms with Crippen LogP contribution < -0.4 is 5.32 Å². The Morgan fingerprint density at radius 3 is 2.65 bits per heavy atom. The summed E-state index contributed by atoms with van der Waals surface area (Å²) in [5.74, 6) is 3.46. The number of thioether (sulfide) groups is 2. The third-order valence-electron chi connectivity index (χ3n) is 2.59.